The van der Waals surface area contributed by atoms with Crippen molar-refractivity contribution in [3.05, 3.63) is 17.7 Å². The van der Waals surface area contributed by atoms with E-state index in [4.69, 9.17) is 9.72 Å². The van der Waals surface area contributed by atoms with Gasteiger partial charge in [-0.05, 0) is 18.6 Å². The Balaban J connectivity index is 2.06. The van der Waals surface area contributed by atoms with Gasteiger partial charge in [0, 0.05) is 26.2 Å². The van der Waals surface area contributed by atoms with Gasteiger partial charge in [-0.1, -0.05) is 17.4 Å². The molecule has 1 aromatic heterocycles. The summed E-state index contributed by atoms with van der Waals surface area (Å²) in [5, 5.41) is 4.47. The van der Waals surface area contributed by atoms with Gasteiger partial charge in [-0.2, -0.15) is 0 Å². The zero-order valence-corrected chi connectivity index (χ0v) is 11.5. The molecule has 1 aliphatic rings. The van der Waals surface area contributed by atoms with Crippen LogP contribution in [0.2, 0.25) is 0 Å². The number of aryl methyl sites for hydroxylation is 1. The highest BCUT2D eigenvalue weighted by Crippen LogP contribution is 2.36. The molecule has 3 rings (SSSR count). The van der Waals surface area contributed by atoms with Crippen LogP contribution < -0.4 is 15.0 Å². The van der Waals surface area contributed by atoms with Gasteiger partial charge in [0.15, 0.2) is 5.13 Å². The number of methoxy groups -OCH3 is 1. The lowest BCUT2D eigenvalue weighted by molar-refractivity contribution is 0.419. The molecule has 96 valence electrons. The molecule has 5 heteroatoms. The van der Waals surface area contributed by atoms with Gasteiger partial charge in [0.1, 0.15) is 11.3 Å². The topological polar surface area (TPSA) is 37.4 Å². The van der Waals surface area contributed by atoms with Crippen LogP contribution in [0, 0.1) is 6.92 Å². The number of thiazole rings is 1. The third kappa shape index (κ3) is 1.93. The molecule has 0 atom stereocenters. The van der Waals surface area contributed by atoms with Gasteiger partial charge in [-0.15, -0.1) is 0 Å². The summed E-state index contributed by atoms with van der Waals surface area (Å²) in [6, 6.07) is 4.10. The van der Waals surface area contributed by atoms with E-state index in [1.807, 2.05) is 6.07 Å². The van der Waals surface area contributed by atoms with Gasteiger partial charge in [0.05, 0.1) is 11.8 Å². The van der Waals surface area contributed by atoms with E-state index in [0.717, 1.165) is 42.6 Å². The standard InChI is InChI=1S/C13H17N3OS/c1-9-3-4-10(17-2)11-12(9)18-13(15-11)16-7-5-14-6-8-16/h3-4,14H,5-8H2,1-2H3. The van der Waals surface area contributed by atoms with Crippen molar-refractivity contribution in [2.24, 2.45) is 0 Å². The summed E-state index contributed by atoms with van der Waals surface area (Å²) in [6.45, 7) is 6.25. The second-order valence-electron chi connectivity index (χ2n) is 4.50. The summed E-state index contributed by atoms with van der Waals surface area (Å²) in [7, 11) is 1.70. The Kier molecular flexibility index (Phi) is 3.09. The highest BCUT2D eigenvalue weighted by molar-refractivity contribution is 7.22. The van der Waals surface area contributed by atoms with Crippen LogP contribution in [0.3, 0.4) is 0 Å². The Bertz CT molecular complexity index is 561. The molecule has 0 amide bonds. The Labute approximate surface area is 111 Å². The lowest BCUT2D eigenvalue weighted by Crippen LogP contribution is -2.43. The second kappa shape index (κ2) is 4.74. The van der Waals surface area contributed by atoms with Gasteiger partial charge in [0.2, 0.25) is 0 Å². The monoisotopic (exact) mass is 263 g/mol. The number of anilines is 1. The van der Waals surface area contributed by atoms with Crippen molar-refractivity contribution < 1.29 is 4.74 Å². The first-order valence-electron chi connectivity index (χ1n) is 6.19. The lowest BCUT2D eigenvalue weighted by atomic mass is 10.2. The molecule has 1 fully saturated rings. The fourth-order valence-electron chi connectivity index (χ4n) is 2.25. The van der Waals surface area contributed by atoms with Gasteiger partial charge in [-0.25, -0.2) is 4.98 Å². The second-order valence-corrected chi connectivity index (χ2v) is 5.47. The minimum Gasteiger partial charge on any atom is -0.494 e. The highest BCUT2D eigenvalue weighted by atomic mass is 32.1. The highest BCUT2D eigenvalue weighted by Gasteiger charge is 2.17. The van der Waals surface area contributed by atoms with Gasteiger partial charge < -0.3 is 15.0 Å². The first kappa shape index (κ1) is 11.7. The summed E-state index contributed by atoms with van der Waals surface area (Å²) in [5.41, 5.74) is 2.26. The number of rotatable bonds is 2. The minimum absolute atomic E-state index is 0.869. The van der Waals surface area contributed by atoms with Crippen molar-refractivity contribution >= 4 is 26.7 Å². The molecule has 1 N–H and O–H groups in total. The SMILES string of the molecule is COc1ccc(C)c2sc(N3CCNCC3)nc12. The maximum absolute atomic E-state index is 5.40. The van der Waals surface area contributed by atoms with Gasteiger partial charge >= 0.3 is 0 Å². The molecule has 2 heterocycles. The number of nitrogens with zero attached hydrogens (tertiary/aromatic N) is 2. The molecule has 0 bridgehead atoms. The van der Waals surface area contributed by atoms with Crippen LogP contribution in [-0.4, -0.2) is 38.3 Å². The molecule has 1 aliphatic heterocycles. The quantitative estimate of drug-likeness (QED) is 0.899. The molecule has 0 aliphatic carbocycles. The Morgan fingerprint density at radius 1 is 1.33 bits per heavy atom. The summed E-state index contributed by atoms with van der Waals surface area (Å²) < 4.78 is 6.64. The number of hydrogen-bond donors (Lipinski definition) is 1. The van der Waals surface area contributed by atoms with Crippen molar-refractivity contribution in [3.63, 3.8) is 0 Å². The summed E-state index contributed by atoms with van der Waals surface area (Å²) in [4.78, 5) is 7.11. The van der Waals surface area contributed by atoms with Crippen molar-refractivity contribution in [2.75, 3.05) is 38.2 Å². The first-order valence-corrected chi connectivity index (χ1v) is 7.01. The molecular formula is C13H17N3OS. The maximum Gasteiger partial charge on any atom is 0.186 e. The van der Waals surface area contributed by atoms with Crippen LogP contribution in [-0.2, 0) is 0 Å². The van der Waals surface area contributed by atoms with Crippen LogP contribution in [0.15, 0.2) is 12.1 Å². The number of ether oxygens (including phenoxy) is 1. The molecule has 0 radical (unpaired) electrons. The molecule has 2 aromatic rings. The van der Waals surface area contributed by atoms with E-state index in [9.17, 15) is 0 Å². The van der Waals surface area contributed by atoms with E-state index in [0.29, 0.717) is 0 Å². The third-order valence-corrected chi connectivity index (χ3v) is 4.55. The first-order chi connectivity index (χ1) is 8.79. The molecule has 18 heavy (non-hydrogen) atoms. The number of fused-ring (bicyclic) bond motifs is 1. The molecular weight excluding hydrogens is 246 g/mol. The summed E-state index contributed by atoms with van der Waals surface area (Å²) in [6.07, 6.45) is 0. The zero-order chi connectivity index (χ0) is 12.5. The van der Waals surface area contributed by atoms with E-state index in [2.05, 4.69) is 23.2 Å². The van der Waals surface area contributed by atoms with E-state index in [1.165, 1.54) is 10.3 Å². The molecule has 0 saturated carbocycles. The fourth-order valence-corrected chi connectivity index (χ4v) is 3.36. The van der Waals surface area contributed by atoms with Gasteiger partial charge in [0.25, 0.3) is 0 Å². The average molecular weight is 263 g/mol. The fraction of sp³-hybridized carbons (Fsp3) is 0.462. The minimum atomic E-state index is 0.869. The van der Waals surface area contributed by atoms with Crippen LogP contribution in [0.5, 0.6) is 5.75 Å². The number of hydrogen-bond acceptors (Lipinski definition) is 5. The van der Waals surface area contributed by atoms with Crippen molar-refractivity contribution in [1.82, 2.24) is 10.3 Å². The molecule has 1 aromatic carbocycles. The third-order valence-electron chi connectivity index (χ3n) is 3.30. The summed E-state index contributed by atoms with van der Waals surface area (Å²) in [5.74, 6) is 0.869. The number of nitrogens with one attached hydrogen (secondary N) is 1. The number of benzene rings is 1. The van der Waals surface area contributed by atoms with Crippen LogP contribution in [0.25, 0.3) is 10.2 Å². The van der Waals surface area contributed by atoms with Crippen LogP contribution in [0.4, 0.5) is 5.13 Å². The smallest absolute Gasteiger partial charge is 0.186 e. The number of piperazine rings is 1. The molecule has 0 unspecified atom stereocenters. The molecule has 4 nitrogen and oxygen atoms in total. The van der Waals surface area contributed by atoms with Gasteiger partial charge in [-0.3, -0.25) is 0 Å². The molecule has 1 saturated heterocycles. The van der Waals surface area contributed by atoms with E-state index in [1.54, 1.807) is 18.4 Å². The lowest BCUT2D eigenvalue weighted by Gasteiger charge is -2.26. The van der Waals surface area contributed by atoms with E-state index < -0.39 is 0 Å². The van der Waals surface area contributed by atoms with E-state index in [-0.39, 0.29) is 0 Å². The maximum atomic E-state index is 5.40. The zero-order valence-electron chi connectivity index (χ0n) is 10.7. The predicted molar refractivity (Wildman–Crippen MR) is 76.0 cm³/mol. The number of aromatic nitrogens is 1. The average Bonchev–Trinajstić information content (AvgIpc) is 2.86. The van der Waals surface area contributed by atoms with Crippen molar-refractivity contribution in [2.45, 2.75) is 6.92 Å². The normalized spacial score (nSPS) is 16.2. The van der Waals surface area contributed by atoms with E-state index >= 15 is 0 Å². The van der Waals surface area contributed by atoms with Crippen molar-refractivity contribution in [3.8, 4) is 5.75 Å². The van der Waals surface area contributed by atoms with Crippen LogP contribution in [0.1, 0.15) is 5.56 Å². The largest absolute Gasteiger partial charge is 0.494 e. The molecule has 0 spiro atoms. The van der Waals surface area contributed by atoms with Crippen LogP contribution >= 0.6 is 11.3 Å². The van der Waals surface area contributed by atoms with Crippen molar-refractivity contribution in [1.29, 1.82) is 0 Å². The predicted octanol–water partition coefficient (Wildman–Crippen LogP) is 2.02. The Morgan fingerprint density at radius 3 is 2.83 bits per heavy atom. The Morgan fingerprint density at radius 2 is 2.11 bits per heavy atom. The Hall–Kier alpha value is -1.33. The summed E-state index contributed by atoms with van der Waals surface area (Å²) >= 11 is 1.77.